The third kappa shape index (κ3) is 4.06. The fraction of sp³-hybridized carbons (Fsp3) is 0.238. The zero-order valence-corrected chi connectivity index (χ0v) is 16.9. The van der Waals surface area contributed by atoms with E-state index >= 15 is 0 Å². The Bertz CT molecular complexity index is 1090. The number of β-lactam (4-membered cyclic amide) rings is 1. The number of carboxylic acid groups (broad SMARTS) is 2. The van der Waals surface area contributed by atoms with Gasteiger partial charge in [-0.15, -0.1) is 11.8 Å². The molecule has 1 fully saturated rings. The molecule has 1 saturated heterocycles. The second kappa shape index (κ2) is 8.31. The van der Waals surface area contributed by atoms with Gasteiger partial charge in [-0.2, -0.15) is 0 Å². The Kier molecular flexibility index (Phi) is 5.55. The van der Waals surface area contributed by atoms with E-state index in [-0.39, 0.29) is 30.2 Å². The van der Waals surface area contributed by atoms with Gasteiger partial charge >= 0.3 is 11.9 Å². The van der Waals surface area contributed by atoms with Crippen LogP contribution in [-0.2, 0) is 27.2 Å². The predicted octanol–water partition coefficient (Wildman–Crippen LogP) is 1.50. The van der Waals surface area contributed by atoms with Crippen LogP contribution >= 0.6 is 11.8 Å². The molecule has 0 saturated carbocycles. The van der Waals surface area contributed by atoms with E-state index in [1.54, 1.807) is 0 Å². The van der Waals surface area contributed by atoms with Gasteiger partial charge in [-0.3, -0.25) is 14.5 Å². The van der Waals surface area contributed by atoms with E-state index in [4.69, 9.17) is 9.52 Å². The van der Waals surface area contributed by atoms with Gasteiger partial charge in [0, 0.05) is 12.2 Å². The molecule has 3 N–H and O–H groups in total. The van der Waals surface area contributed by atoms with Gasteiger partial charge in [0.2, 0.25) is 11.7 Å². The minimum atomic E-state index is -1.26. The molecule has 31 heavy (non-hydrogen) atoms. The molecule has 2 aromatic rings. The summed E-state index contributed by atoms with van der Waals surface area (Å²) in [5.41, 5.74) is 1.12. The van der Waals surface area contributed by atoms with Crippen LogP contribution in [0.3, 0.4) is 0 Å². The monoisotopic (exact) mass is 442 g/mol. The molecule has 2 aliphatic rings. The maximum Gasteiger partial charge on any atom is 0.371 e. The Balaban J connectivity index is 1.48. The highest BCUT2D eigenvalue weighted by Gasteiger charge is 2.54. The fourth-order valence-electron chi connectivity index (χ4n) is 3.62. The SMILES string of the molecule is O=C(Cc1ccccc1)N[C@@H]1C(=O)N2C(C(=O)O)=C(Cc3ccc(C(=O)O)o3)CS[C@@H]12. The molecule has 10 heteroatoms. The average molecular weight is 442 g/mol. The van der Waals surface area contributed by atoms with Crippen LogP contribution in [0.1, 0.15) is 21.9 Å². The van der Waals surface area contributed by atoms with Crippen molar-refractivity contribution >= 4 is 35.5 Å². The first kappa shape index (κ1) is 20.7. The molecule has 0 spiro atoms. The van der Waals surface area contributed by atoms with Gasteiger partial charge in [-0.05, 0) is 23.3 Å². The van der Waals surface area contributed by atoms with Crippen LogP contribution in [0.2, 0.25) is 0 Å². The van der Waals surface area contributed by atoms with Gasteiger partial charge < -0.3 is 19.9 Å². The normalized spacial score (nSPS) is 20.1. The van der Waals surface area contributed by atoms with Gasteiger partial charge in [0.25, 0.3) is 5.91 Å². The quantitative estimate of drug-likeness (QED) is 0.549. The molecule has 9 nitrogen and oxygen atoms in total. The number of nitrogens with one attached hydrogen (secondary N) is 1. The number of furan rings is 1. The molecule has 1 aromatic carbocycles. The Labute approximate surface area is 180 Å². The fourth-order valence-corrected chi connectivity index (χ4v) is 4.97. The Hall–Kier alpha value is -3.53. The first-order valence-electron chi connectivity index (χ1n) is 9.40. The number of hydrogen-bond donors (Lipinski definition) is 3. The molecule has 2 amide bonds. The van der Waals surface area contributed by atoms with E-state index in [0.717, 1.165) is 5.56 Å². The number of hydrogen-bond acceptors (Lipinski definition) is 6. The topological polar surface area (TPSA) is 137 Å². The second-order valence-electron chi connectivity index (χ2n) is 7.12. The van der Waals surface area contributed by atoms with Crippen molar-refractivity contribution in [1.82, 2.24) is 10.2 Å². The Morgan fingerprint density at radius 1 is 1.10 bits per heavy atom. The number of carbonyl (C=O) groups is 4. The van der Waals surface area contributed by atoms with E-state index in [9.17, 15) is 24.3 Å². The number of benzene rings is 1. The molecule has 1 aromatic heterocycles. The Morgan fingerprint density at radius 2 is 1.84 bits per heavy atom. The van der Waals surface area contributed by atoms with E-state index < -0.39 is 29.3 Å². The van der Waals surface area contributed by atoms with Crippen molar-refractivity contribution in [2.45, 2.75) is 24.3 Å². The number of rotatable bonds is 7. The molecule has 4 rings (SSSR count). The summed E-state index contributed by atoms with van der Waals surface area (Å²) in [6.07, 6.45) is 0.197. The molecule has 0 bridgehead atoms. The predicted molar refractivity (Wildman–Crippen MR) is 109 cm³/mol. The molecule has 2 aliphatic heterocycles. The number of thioether (sulfide) groups is 1. The molecule has 3 heterocycles. The van der Waals surface area contributed by atoms with Crippen LogP contribution in [0, 0.1) is 0 Å². The Morgan fingerprint density at radius 3 is 2.48 bits per heavy atom. The van der Waals surface area contributed by atoms with E-state index in [0.29, 0.717) is 17.1 Å². The maximum atomic E-state index is 12.7. The lowest BCUT2D eigenvalue weighted by atomic mass is 10.0. The molecular weight excluding hydrogens is 424 g/mol. The van der Waals surface area contributed by atoms with Crippen molar-refractivity contribution in [2.24, 2.45) is 0 Å². The average Bonchev–Trinajstić information content (AvgIpc) is 3.21. The number of fused-ring (bicyclic) bond motifs is 1. The van der Waals surface area contributed by atoms with Gasteiger partial charge in [-0.25, -0.2) is 9.59 Å². The third-order valence-electron chi connectivity index (χ3n) is 5.03. The van der Waals surface area contributed by atoms with E-state index in [1.165, 1.54) is 28.8 Å². The maximum absolute atomic E-state index is 12.7. The first-order chi connectivity index (χ1) is 14.8. The number of carboxylic acids is 2. The van der Waals surface area contributed by atoms with Crippen molar-refractivity contribution in [3.63, 3.8) is 0 Å². The summed E-state index contributed by atoms with van der Waals surface area (Å²) in [4.78, 5) is 49.1. The molecule has 160 valence electrons. The molecular formula is C21H18N2O7S. The van der Waals surface area contributed by atoms with Crippen LogP contribution in [-0.4, -0.2) is 56.0 Å². The van der Waals surface area contributed by atoms with Crippen molar-refractivity contribution in [1.29, 1.82) is 0 Å². The summed E-state index contributed by atoms with van der Waals surface area (Å²) in [5, 5.41) is 20.9. The second-order valence-corrected chi connectivity index (χ2v) is 8.23. The minimum Gasteiger partial charge on any atom is -0.477 e. The summed E-state index contributed by atoms with van der Waals surface area (Å²) >= 11 is 1.35. The van der Waals surface area contributed by atoms with Gasteiger partial charge in [0.1, 0.15) is 22.9 Å². The summed E-state index contributed by atoms with van der Waals surface area (Å²) < 4.78 is 5.22. The van der Waals surface area contributed by atoms with Crippen molar-refractivity contribution < 1.29 is 33.8 Å². The zero-order chi connectivity index (χ0) is 22.1. The number of aromatic carboxylic acids is 1. The first-order valence-corrected chi connectivity index (χ1v) is 10.5. The van der Waals surface area contributed by atoms with Crippen molar-refractivity contribution in [3.8, 4) is 0 Å². The highest BCUT2D eigenvalue weighted by Crippen LogP contribution is 2.41. The van der Waals surface area contributed by atoms with Crippen LogP contribution in [0.15, 0.2) is 58.2 Å². The van der Waals surface area contributed by atoms with Crippen LogP contribution in [0.25, 0.3) is 0 Å². The summed E-state index contributed by atoms with van der Waals surface area (Å²) in [6, 6.07) is 11.1. The van der Waals surface area contributed by atoms with Gasteiger partial charge in [0.15, 0.2) is 0 Å². The van der Waals surface area contributed by atoms with Crippen LogP contribution < -0.4 is 5.32 Å². The zero-order valence-electron chi connectivity index (χ0n) is 16.1. The lowest BCUT2D eigenvalue weighted by Crippen LogP contribution is -2.70. The number of carbonyl (C=O) groups excluding carboxylic acids is 2. The molecule has 0 unspecified atom stereocenters. The van der Waals surface area contributed by atoms with Gasteiger partial charge in [0.05, 0.1) is 6.42 Å². The summed E-state index contributed by atoms with van der Waals surface area (Å²) in [6.45, 7) is 0. The largest absolute Gasteiger partial charge is 0.477 e. The van der Waals surface area contributed by atoms with Crippen LogP contribution in [0.5, 0.6) is 0 Å². The number of amides is 2. The van der Waals surface area contributed by atoms with E-state index in [1.807, 2.05) is 30.3 Å². The highest BCUT2D eigenvalue weighted by atomic mass is 32.2. The molecule has 2 atom stereocenters. The lowest BCUT2D eigenvalue weighted by molar-refractivity contribution is -0.150. The standard InChI is InChI=1S/C21H18N2O7S/c24-15(8-11-4-2-1-3-5-11)22-16-18(25)23-17(21(28)29)12(10-31-19(16)23)9-13-6-7-14(30-13)20(26)27/h1-7,16,19H,8-10H2,(H,22,24)(H,26,27)(H,28,29)/t16-,19+/m1/s1. The van der Waals surface area contributed by atoms with Gasteiger partial charge in [-0.1, -0.05) is 30.3 Å². The molecule has 0 radical (unpaired) electrons. The van der Waals surface area contributed by atoms with Crippen molar-refractivity contribution in [3.05, 3.63) is 70.8 Å². The third-order valence-corrected chi connectivity index (χ3v) is 6.37. The molecule has 0 aliphatic carbocycles. The summed E-state index contributed by atoms with van der Waals surface area (Å²) in [5.74, 6) is -2.91. The summed E-state index contributed by atoms with van der Waals surface area (Å²) in [7, 11) is 0. The minimum absolute atomic E-state index is 0.0729. The number of aliphatic carboxylic acids is 1. The lowest BCUT2D eigenvalue weighted by Gasteiger charge is -2.49. The van der Waals surface area contributed by atoms with E-state index in [2.05, 4.69) is 5.32 Å². The van der Waals surface area contributed by atoms with Crippen LogP contribution in [0.4, 0.5) is 0 Å². The highest BCUT2D eigenvalue weighted by molar-refractivity contribution is 8.00. The smallest absolute Gasteiger partial charge is 0.371 e. The van der Waals surface area contributed by atoms with Crippen molar-refractivity contribution in [2.75, 3.05) is 5.75 Å². The number of nitrogens with zero attached hydrogens (tertiary/aromatic N) is 1.